The van der Waals surface area contributed by atoms with Gasteiger partial charge in [-0.2, -0.15) is 0 Å². The minimum atomic E-state index is -0.307. The van der Waals surface area contributed by atoms with Gasteiger partial charge in [-0.3, -0.25) is 14.4 Å². The smallest absolute Gasteiger partial charge is 0.239 e. The van der Waals surface area contributed by atoms with Gasteiger partial charge in [0.1, 0.15) is 5.76 Å². The fourth-order valence-electron chi connectivity index (χ4n) is 3.34. The van der Waals surface area contributed by atoms with Crippen LogP contribution in [0, 0.1) is 0 Å². The van der Waals surface area contributed by atoms with Crippen LogP contribution in [0.5, 0.6) is 0 Å². The largest absolute Gasteiger partial charge is 0.467 e. The van der Waals surface area contributed by atoms with Crippen molar-refractivity contribution in [3.8, 4) is 0 Å². The SMILES string of the molecule is CC(=O)N1CCc2ccccc2C1CC(=O)NCC(=O)NCc1ccco1. The van der Waals surface area contributed by atoms with E-state index in [4.69, 9.17) is 4.42 Å². The van der Waals surface area contributed by atoms with Gasteiger partial charge >= 0.3 is 0 Å². The summed E-state index contributed by atoms with van der Waals surface area (Å²) in [6, 6.07) is 11.1. The molecule has 1 aliphatic heterocycles. The summed E-state index contributed by atoms with van der Waals surface area (Å²) in [6.45, 7) is 2.26. The van der Waals surface area contributed by atoms with Crippen LogP contribution < -0.4 is 10.6 Å². The Morgan fingerprint density at radius 3 is 2.67 bits per heavy atom. The van der Waals surface area contributed by atoms with Gasteiger partial charge in [-0.05, 0) is 29.7 Å². The first kappa shape index (κ1) is 18.7. The third-order valence-corrected chi connectivity index (χ3v) is 4.68. The Morgan fingerprint density at radius 2 is 1.93 bits per heavy atom. The number of furan rings is 1. The quantitative estimate of drug-likeness (QED) is 0.808. The summed E-state index contributed by atoms with van der Waals surface area (Å²) in [5.74, 6) is 0.0207. The van der Waals surface area contributed by atoms with Crippen molar-refractivity contribution < 1.29 is 18.8 Å². The van der Waals surface area contributed by atoms with E-state index in [0.717, 1.165) is 17.5 Å². The number of nitrogens with one attached hydrogen (secondary N) is 2. The lowest BCUT2D eigenvalue weighted by Crippen LogP contribution is -2.42. The van der Waals surface area contributed by atoms with Gasteiger partial charge in [-0.25, -0.2) is 0 Å². The van der Waals surface area contributed by atoms with Gasteiger partial charge in [0.05, 0.1) is 31.8 Å². The number of benzene rings is 1. The van der Waals surface area contributed by atoms with Crippen molar-refractivity contribution >= 4 is 17.7 Å². The van der Waals surface area contributed by atoms with E-state index < -0.39 is 0 Å². The molecule has 0 radical (unpaired) electrons. The molecule has 1 aliphatic rings. The maximum atomic E-state index is 12.4. The molecule has 2 aromatic rings. The van der Waals surface area contributed by atoms with Gasteiger partial charge in [-0.1, -0.05) is 24.3 Å². The Balaban J connectivity index is 1.55. The second kappa shape index (κ2) is 8.53. The van der Waals surface area contributed by atoms with Crippen LogP contribution >= 0.6 is 0 Å². The van der Waals surface area contributed by atoms with E-state index in [0.29, 0.717) is 12.3 Å². The van der Waals surface area contributed by atoms with Crippen molar-refractivity contribution in [2.75, 3.05) is 13.1 Å². The second-order valence-corrected chi connectivity index (χ2v) is 6.51. The lowest BCUT2D eigenvalue weighted by atomic mass is 9.90. The average Bonchev–Trinajstić information content (AvgIpc) is 3.18. The first-order valence-corrected chi connectivity index (χ1v) is 8.95. The summed E-state index contributed by atoms with van der Waals surface area (Å²) in [7, 11) is 0. The fraction of sp³-hybridized carbons (Fsp3) is 0.350. The Bertz CT molecular complexity index is 816. The molecule has 142 valence electrons. The maximum absolute atomic E-state index is 12.4. The first-order valence-electron chi connectivity index (χ1n) is 8.95. The predicted molar refractivity (Wildman–Crippen MR) is 98.5 cm³/mol. The standard InChI is InChI=1S/C20H23N3O4/c1-14(24)23-9-8-15-5-2-3-7-17(15)18(23)11-19(25)22-13-20(26)21-12-16-6-4-10-27-16/h2-7,10,18H,8-9,11-13H2,1H3,(H,21,26)(H,22,25). The average molecular weight is 369 g/mol. The highest BCUT2D eigenvalue weighted by molar-refractivity contribution is 5.85. The predicted octanol–water partition coefficient (Wildman–Crippen LogP) is 1.55. The molecule has 27 heavy (non-hydrogen) atoms. The van der Waals surface area contributed by atoms with Gasteiger partial charge in [0.15, 0.2) is 0 Å². The second-order valence-electron chi connectivity index (χ2n) is 6.51. The molecule has 0 saturated heterocycles. The Hall–Kier alpha value is -3.09. The highest BCUT2D eigenvalue weighted by atomic mass is 16.3. The summed E-state index contributed by atoms with van der Waals surface area (Å²) in [5, 5.41) is 5.31. The number of amides is 3. The van der Waals surface area contributed by atoms with Crippen LogP contribution in [-0.2, 0) is 27.3 Å². The Kier molecular flexibility index (Phi) is 5.90. The molecule has 1 aromatic carbocycles. The molecule has 0 aliphatic carbocycles. The van der Waals surface area contributed by atoms with Gasteiger partial charge in [-0.15, -0.1) is 0 Å². The minimum Gasteiger partial charge on any atom is -0.467 e. The highest BCUT2D eigenvalue weighted by Gasteiger charge is 2.30. The molecule has 0 fully saturated rings. The molecular weight excluding hydrogens is 346 g/mol. The molecule has 0 saturated carbocycles. The van der Waals surface area contributed by atoms with Crippen molar-refractivity contribution in [2.45, 2.75) is 32.4 Å². The molecule has 0 bridgehead atoms. The number of carbonyl (C=O) groups excluding carboxylic acids is 3. The maximum Gasteiger partial charge on any atom is 0.239 e. The van der Waals surface area contributed by atoms with Gasteiger partial charge in [0, 0.05) is 13.5 Å². The zero-order valence-electron chi connectivity index (χ0n) is 15.2. The van der Waals surface area contributed by atoms with Crippen LogP contribution in [0.1, 0.15) is 36.3 Å². The normalized spacial score (nSPS) is 15.7. The lowest BCUT2D eigenvalue weighted by Gasteiger charge is -2.36. The molecule has 1 aromatic heterocycles. The lowest BCUT2D eigenvalue weighted by molar-refractivity contribution is -0.134. The van der Waals surface area contributed by atoms with Crippen molar-refractivity contribution in [3.05, 3.63) is 59.5 Å². The zero-order valence-corrected chi connectivity index (χ0v) is 15.2. The van der Waals surface area contributed by atoms with Crippen LogP contribution in [0.2, 0.25) is 0 Å². The number of hydrogen-bond donors (Lipinski definition) is 2. The molecule has 3 amide bonds. The number of hydrogen-bond acceptors (Lipinski definition) is 4. The first-order chi connectivity index (χ1) is 13.0. The number of rotatable bonds is 6. The summed E-state index contributed by atoms with van der Waals surface area (Å²) in [4.78, 5) is 38.0. The molecule has 7 nitrogen and oxygen atoms in total. The topological polar surface area (TPSA) is 91.7 Å². The minimum absolute atomic E-state index is 0.0570. The van der Waals surface area contributed by atoms with Gasteiger partial charge < -0.3 is 20.0 Å². The summed E-state index contributed by atoms with van der Waals surface area (Å²) in [6.07, 6.45) is 2.44. The number of carbonyl (C=O) groups is 3. The number of fused-ring (bicyclic) bond motifs is 1. The fourth-order valence-corrected chi connectivity index (χ4v) is 3.34. The third-order valence-electron chi connectivity index (χ3n) is 4.68. The van der Waals surface area contributed by atoms with E-state index in [1.165, 1.54) is 13.2 Å². The van der Waals surface area contributed by atoms with E-state index in [1.807, 2.05) is 24.3 Å². The van der Waals surface area contributed by atoms with Crippen LogP contribution in [0.3, 0.4) is 0 Å². The molecule has 7 heteroatoms. The molecule has 1 unspecified atom stereocenters. The van der Waals surface area contributed by atoms with Crippen LogP contribution in [0.15, 0.2) is 47.1 Å². The van der Waals surface area contributed by atoms with E-state index >= 15 is 0 Å². The van der Waals surface area contributed by atoms with Crippen molar-refractivity contribution in [1.82, 2.24) is 15.5 Å². The van der Waals surface area contributed by atoms with Crippen molar-refractivity contribution in [3.63, 3.8) is 0 Å². The summed E-state index contributed by atoms with van der Waals surface area (Å²) >= 11 is 0. The molecule has 0 spiro atoms. The van der Waals surface area contributed by atoms with Crippen LogP contribution in [0.4, 0.5) is 0 Å². The van der Waals surface area contributed by atoms with E-state index in [1.54, 1.807) is 17.0 Å². The zero-order chi connectivity index (χ0) is 19.2. The molecule has 2 N–H and O–H groups in total. The summed E-state index contributed by atoms with van der Waals surface area (Å²) < 4.78 is 5.14. The third kappa shape index (κ3) is 4.75. The molecule has 3 rings (SSSR count). The van der Waals surface area contributed by atoms with E-state index in [-0.39, 0.29) is 43.3 Å². The van der Waals surface area contributed by atoms with Crippen LogP contribution in [-0.4, -0.2) is 35.7 Å². The highest BCUT2D eigenvalue weighted by Crippen LogP contribution is 2.32. The number of nitrogens with zero attached hydrogens (tertiary/aromatic N) is 1. The van der Waals surface area contributed by atoms with Crippen molar-refractivity contribution in [1.29, 1.82) is 0 Å². The van der Waals surface area contributed by atoms with Crippen molar-refractivity contribution in [2.24, 2.45) is 0 Å². The van der Waals surface area contributed by atoms with E-state index in [9.17, 15) is 14.4 Å². The molecule has 2 heterocycles. The monoisotopic (exact) mass is 369 g/mol. The van der Waals surface area contributed by atoms with E-state index in [2.05, 4.69) is 10.6 Å². The molecule has 1 atom stereocenters. The summed E-state index contributed by atoms with van der Waals surface area (Å²) in [5.41, 5.74) is 2.15. The van der Waals surface area contributed by atoms with Crippen LogP contribution in [0.25, 0.3) is 0 Å². The van der Waals surface area contributed by atoms with Gasteiger partial charge in [0.2, 0.25) is 17.7 Å². The Labute approximate surface area is 157 Å². The van der Waals surface area contributed by atoms with Gasteiger partial charge in [0.25, 0.3) is 0 Å². The molecular formula is C20H23N3O4. The Morgan fingerprint density at radius 1 is 1.11 bits per heavy atom.